The number of benzene rings is 1. The van der Waals surface area contributed by atoms with E-state index in [0.717, 1.165) is 17.5 Å². The molecule has 0 atom stereocenters. The average molecular weight is 425 g/mol. The van der Waals surface area contributed by atoms with E-state index < -0.39 is 0 Å². The number of nitrogens with one attached hydrogen (secondary N) is 1. The van der Waals surface area contributed by atoms with Crippen molar-refractivity contribution >= 4 is 33.7 Å². The first-order chi connectivity index (χ1) is 12.4. The van der Waals surface area contributed by atoms with Crippen LogP contribution in [0.3, 0.4) is 0 Å². The molecule has 6 nitrogen and oxygen atoms in total. The van der Waals surface area contributed by atoms with Gasteiger partial charge in [0.15, 0.2) is 0 Å². The van der Waals surface area contributed by atoms with Crippen molar-refractivity contribution in [2.24, 2.45) is 5.92 Å². The Morgan fingerprint density at radius 1 is 1.19 bits per heavy atom. The maximum atomic E-state index is 12.3. The molecule has 1 N–H and O–H groups in total. The van der Waals surface area contributed by atoms with Gasteiger partial charge in [0.1, 0.15) is 0 Å². The number of halogens is 1. The number of nitrogens with zero attached hydrogens (tertiary/aromatic N) is 1. The van der Waals surface area contributed by atoms with Gasteiger partial charge in [0.25, 0.3) is 11.8 Å². The van der Waals surface area contributed by atoms with E-state index in [1.807, 2.05) is 0 Å². The first kappa shape index (κ1) is 20.6. The van der Waals surface area contributed by atoms with Crippen molar-refractivity contribution in [1.82, 2.24) is 10.2 Å². The normalized spacial score (nSPS) is 13.5. The minimum absolute atomic E-state index is 0.0757. The lowest BCUT2D eigenvalue weighted by atomic mass is 10.1. The minimum Gasteiger partial charge on any atom is -0.381 e. The van der Waals surface area contributed by atoms with Crippen molar-refractivity contribution < 1.29 is 19.1 Å². The Morgan fingerprint density at radius 3 is 2.65 bits per heavy atom. The fourth-order valence-corrected chi connectivity index (χ4v) is 3.03. The van der Waals surface area contributed by atoms with Crippen molar-refractivity contribution in [3.8, 4) is 0 Å². The third-order valence-corrected chi connectivity index (χ3v) is 4.45. The molecule has 1 aromatic rings. The molecule has 0 aliphatic carbocycles. The summed E-state index contributed by atoms with van der Waals surface area (Å²) >= 11 is 3.31. The van der Waals surface area contributed by atoms with Crippen LogP contribution in [0.15, 0.2) is 22.7 Å². The van der Waals surface area contributed by atoms with Gasteiger partial charge < -0.3 is 10.1 Å². The van der Waals surface area contributed by atoms with Gasteiger partial charge in [0.05, 0.1) is 11.1 Å². The first-order valence-corrected chi connectivity index (χ1v) is 9.69. The van der Waals surface area contributed by atoms with Gasteiger partial charge in [0.2, 0.25) is 5.91 Å². The van der Waals surface area contributed by atoms with Crippen LogP contribution < -0.4 is 5.32 Å². The van der Waals surface area contributed by atoms with Crippen LogP contribution in [0.25, 0.3) is 0 Å². The van der Waals surface area contributed by atoms with Crippen LogP contribution in [0.4, 0.5) is 0 Å². The number of carbonyl (C=O) groups excluding carboxylic acids is 3. The van der Waals surface area contributed by atoms with Crippen LogP contribution in [0.5, 0.6) is 0 Å². The molecule has 26 heavy (non-hydrogen) atoms. The molecule has 0 fully saturated rings. The second-order valence-electron chi connectivity index (χ2n) is 6.73. The van der Waals surface area contributed by atoms with E-state index in [9.17, 15) is 14.4 Å². The Hall–Kier alpha value is -1.73. The maximum Gasteiger partial charge on any atom is 0.261 e. The lowest BCUT2D eigenvalue weighted by Crippen LogP contribution is -2.32. The van der Waals surface area contributed by atoms with Gasteiger partial charge in [-0.3, -0.25) is 19.3 Å². The number of hydrogen-bond donors (Lipinski definition) is 1. The Labute approximate surface area is 162 Å². The molecule has 1 heterocycles. The molecular formula is C19H25BrN2O4. The first-order valence-electron chi connectivity index (χ1n) is 8.90. The summed E-state index contributed by atoms with van der Waals surface area (Å²) in [5.74, 6) is -0.157. The van der Waals surface area contributed by atoms with Crippen LogP contribution in [0, 0.1) is 5.92 Å². The predicted octanol–water partition coefficient (Wildman–Crippen LogP) is 3.00. The molecule has 0 spiro atoms. The smallest absolute Gasteiger partial charge is 0.261 e. The van der Waals surface area contributed by atoms with E-state index in [1.54, 1.807) is 18.2 Å². The quantitative estimate of drug-likeness (QED) is 0.462. The summed E-state index contributed by atoms with van der Waals surface area (Å²) in [7, 11) is 0. The second kappa shape index (κ2) is 9.83. The summed E-state index contributed by atoms with van der Waals surface area (Å²) in [6, 6.07) is 5.04. The molecule has 1 aliphatic heterocycles. The van der Waals surface area contributed by atoms with Gasteiger partial charge in [-0.1, -0.05) is 29.8 Å². The van der Waals surface area contributed by atoms with Crippen molar-refractivity contribution in [2.45, 2.75) is 33.1 Å². The van der Waals surface area contributed by atoms with E-state index >= 15 is 0 Å². The topological polar surface area (TPSA) is 75.7 Å². The summed E-state index contributed by atoms with van der Waals surface area (Å²) in [5.41, 5.74) is 0.833. The second-order valence-corrected chi connectivity index (χ2v) is 7.64. The molecule has 0 saturated carbocycles. The Kier molecular flexibility index (Phi) is 7.78. The molecule has 1 aromatic carbocycles. The third-order valence-electron chi connectivity index (χ3n) is 3.96. The number of imide groups is 1. The van der Waals surface area contributed by atoms with Crippen LogP contribution in [0.2, 0.25) is 0 Å². The van der Waals surface area contributed by atoms with Gasteiger partial charge in [-0.2, -0.15) is 0 Å². The SMILES string of the molecule is CC(C)COCCCNC(=O)CCCN1C(=O)c2ccc(Br)cc2C1=O. The van der Waals surface area contributed by atoms with Gasteiger partial charge in [-0.15, -0.1) is 0 Å². The van der Waals surface area contributed by atoms with Crippen LogP contribution >= 0.6 is 15.9 Å². The highest BCUT2D eigenvalue weighted by atomic mass is 79.9. The van der Waals surface area contributed by atoms with Crippen molar-refractivity contribution in [3.63, 3.8) is 0 Å². The molecule has 0 saturated heterocycles. The van der Waals surface area contributed by atoms with Crippen LogP contribution in [-0.2, 0) is 9.53 Å². The minimum atomic E-state index is -0.297. The molecule has 3 amide bonds. The number of amides is 3. The summed E-state index contributed by atoms with van der Waals surface area (Å²) in [6.45, 7) is 6.35. The number of rotatable bonds is 10. The largest absolute Gasteiger partial charge is 0.381 e. The van der Waals surface area contributed by atoms with Gasteiger partial charge in [-0.25, -0.2) is 0 Å². The van der Waals surface area contributed by atoms with Crippen molar-refractivity contribution in [2.75, 3.05) is 26.3 Å². The van der Waals surface area contributed by atoms with Crippen LogP contribution in [-0.4, -0.2) is 48.9 Å². The lowest BCUT2D eigenvalue weighted by Gasteiger charge is -2.13. The van der Waals surface area contributed by atoms with Crippen molar-refractivity contribution in [3.05, 3.63) is 33.8 Å². The molecular weight excluding hydrogens is 400 g/mol. The molecule has 0 aromatic heterocycles. The number of hydrogen-bond acceptors (Lipinski definition) is 4. The third kappa shape index (κ3) is 5.64. The zero-order valence-corrected chi connectivity index (χ0v) is 16.8. The number of carbonyl (C=O) groups is 3. The number of ether oxygens (including phenoxy) is 1. The van der Waals surface area contributed by atoms with E-state index in [0.29, 0.717) is 36.6 Å². The monoisotopic (exact) mass is 424 g/mol. The molecule has 0 radical (unpaired) electrons. The standard InChI is InChI=1S/C19H25BrN2O4/c1-13(2)12-26-10-4-8-21-17(23)5-3-9-22-18(24)15-7-6-14(20)11-16(15)19(22)25/h6-7,11,13H,3-5,8-10,12H2,1-2H3,(H,21,23). The Morgan fingerprint density at radius 2 is 1.92 bits per heavy atom. The predicted molar refractivity (Wildman–Crippen MR) is 102 cm³/mol. The molecule has 0 unspecified atom stereocenters. The fourth-order valence-electron chi connectivity index (χ4n) is 2.67. The summed E-state index contributed by atoms with van der Waals surface area (Å²) in [4.78, 5) is 37.7. The Bertz CT molecular complexity index is 676. The zero-order valence-electron chi connectivity index (χ0n) is 15.2. The van der Waals surface area contributed by atoms with E-state index in [1.165, 1.54) is 4.90 Å². The van der Waals surface area contributed by atoms with E-state index in [4.69, 9.17) is 4.74 Å². The van der Waals surface area contributed by atoms with Crippen molar-refractivity contribution in [1.29, 1.82) is 0 Å². The summed E-state index contributed by atoms with van der Waals surface area (Å²) in [5, 5.41) is 2.83. The lowest BCUT2D eigenvalue weighted by molar-refractivity contribution is -0.121. The molecule has 142 valence electrons. The van der Waals surface area contributed by atoms with Crippen LogP contribution in [0.1, 0.15) is 53.8 Å². The Balaban J connectivity index is 1.66. The zero-order chi connectivity index (χ0) is 19.1. The fraction of sp³-hybridized carbons (Fsp3) is 0.526. The summed E-state index contributed by atoms with van der Waals surface area (Å²) in [6.07, 6.45) is 1.50. The van der Waals surface area contributed by atoms with Gasteiger partial charge in [0, 0.05) is 37.2 Å². The number of fused-ring (bicyclic) bond motifs is 1. The molecule has 7 heteroatoms. The highest BCUT2D eigenvalue weighted by Crippen LogP contribution is 2.26. The molecule has 0 bridgehead atoms. The van der Waals surface area contributed by atoms with Gasteiger partial charge in [-0.05, 0) is 37.0 Å². The summed E-state index contributed by atoms with van der Waals surface area (Å²) < 4.78 is 6.21. The highest BCUT2D eigenvalue weighted by Gasteiger charge is 2.35. The van der Waals surface area contributed by atoms with E-state index in [2.05, 4.69) is 35.1 Å². The molecule has 1 aliphatic rings. The maximum absolute atomic E-state index is 12.3. The molecule has 2 rings (SSSR count). The van der Waals surface area contributed by atoms with Gasteiger partial charge >= 0.3 is 0 Å². The average Bonchev–Trinajstić information content (AvgIpc) is 2.82. The highest BCUT2D eigenvalue weighted by molar-refractivity contribution is 9.10. The van der Waals surface area contributed by atoms with E-state index in [-0.39, 0.29) is 30.7 Å².